The molecule has 2 amide bonds. The number of hydrogen-bond acceptors (Lipinski definition) is 4. The van der Waals surface area contributed by atoms with Gasteiger partial charge in [-0.2, -0.15) is 10.1 Å². The monoisotopic (exact) mass is 253 g/mol. The number of urea groups is 1. The van der Waals surface area contributed by atoms with Crippen molar-refractivity contribution < 1.29 is 14.7 Å². The summed E-state index contributed by atoms with van der Waals surface area (Å²) in [4.78, 5) is 26.4. The Balaban J connectivity index is 1.94. The topological polar surface area (TPSA) is 109 Å². The predicted molar refractivity (Wildman–Crippen MR) is 62.0 cm³/mol. The van der Waals surface area contributed by atoms with Crippen LogP contribution in [0.2, 0.25) is 0 Å². The van der Waals surface area contributed by atoms with Crippen molar-refractivity contribution >= 4 is 17.9 Å². The van der Waals surface area contributed by atoms with E-state index in [1.54, 1.807) is 7.05 Å². The molecule has 0 aliphatic heterocycles. The minimum absolute atomic E-state index is 0.0563. The summed E-state index contributed by atoms with van der Waals surface area (Å²) in [5.41, 5.74) is -0.617. The van der Waals surface area contributed by atoms with Crippen LogP contribution in [0.5, 0.6) is 0 Å². The molecule has 2 rings (SSSR count). The van der Waals surface area contributed by atoms with E-state index in [0.29, 0.717) is 18.8 Å². The molecule has 0 spiro atoms. The van der Waals surface area contributed by atoms with Crippen LogP contribution in [0.25, 0.3) is 0 Å². The van der Waals surface area contributed by atoms with Crippen LogP contribution in [0.4, 0.5) is 10.7 Å². The van der Waals surface area contributed by atoms with E-state index in [9.17, 15) is 9.59 Å². The van der Waals surface area contributed by atoms with Crippen molar-refractivity contribution in [2.75, 3.05) is 5.32 Å². The Labute approximate surface area is 103 Å². The smallest absolute Gasteiger partial charge is 0.322 e. The number of rotatable bonds is 4. The molecule has 8 heteroatoms. The zero-order valence-corrected chi connectivity index (χ0v) is 10.0. The van der Waals surface area contributed by atoms with Gasteiger partial charge in [-0.15, -0.1) is 0 Å². The van der Waals surface area contributed by atoms with Gasteiger partial charge < -0.3 is 10.4 Å². The van der Waals surface area contributed by atoms with E-state index in [0.717, 1.165) is 6.42 Å². The molecule has 1 aromatic rings. The van der Waals surface area contributed by atoms with Crippen LogP contribution in [-0.2, 0) is 11.8 Å². The van der Waals surface area contributed by atoms with Crippen molar-refractivity contribution in [3.8, 4) is 0 Å². The molecule has 1 saturated carbocycles. The summed E-state index contributed by atoms with van der Waals surface area (Å²) >= 11 is 0. The quantitative estimate of drug-likeness (QED) is 0.716. The highest BCUT2D eigenvalue weighted by atomic mass is 16.4. The van der Waals surface area contributed by atoms with Crippen LogP contribution >= 0.6 is 0 Å². The lowest BCUT2D eigenvalue weighted by Gasteiger charge is -2.41. The molecule has 0 atom stereocenters. The zero-order chi connectivity index (χ0) is 13.2. The Hall–Kier alpha value is -2.12. The van der Waals surface area contributed by atoms with Gasteiger partial charge in [-0.3, -0.25) is 10.1 Å². The first-order chi connectivity index (χ1) is 8.51. The number of aryl methyl sites for hydroxylation is 1. The van der Waals surface area contributed by atoms with Gasteiger partial charge in [-0.25, -0.2) is 9.48 Å². The second-order valence-electron chi connectivity index (χ2n) is 4.49. The molecule has 1 aromatic heterocycles. The summed E-state index contributed by atoms with van der Waals surface area (Å²) in [6, 6.07) is -0.452. The molecule has 18 heavy (non-hydrogen) atoms. The number of carbonyl (C=O) groups is 2. The minimum atomic E-state index is -0.909. The third-order valence-electron chi connectivity index (χ3n) is 3.12. The van der Waals surface area contributed by atoms with Gasteiger partial charge in [0.15, 0.2) is 0 Å². The van der Waals surface area contributed by atoms with Gasteiger partial charge in [0.1, 0.15) is 6.33 Å². The number of carboxylic acids is 1. The number of amides is 2. The van der Waals surface area contributed by atoms with Crippen molar-refractivity contribution in [2.45, 2.75) is 31.2 Å². The van der Waals surface area contributed by atoms with E-state index in [-0.39, 0.29) is 6.42 Å². The summed E-state index contributed by atoms with van der Waals surface area (Å²) < 4.78 is 1.42. The average Bonchev–Trinajstić information content (AvgIpc) is 2.60. The molecule has 0 bridgehead atoms. The highest BCUT2D eigenvalue weighted by Gasteiger charge is 2.40. The first-order valence-electron chi connectivity index (χ1n) is 5.66. The molecule has 0 unspecified atom stereocenters. The van der Waals surface area contributed by atoms with E-state index in [1.165, 1.54) is 11.0 Å². The van der Waals surface area contributed by atoms with Gasteiger partial charge in [-0.05, 0) is 19.3 Å². The molecule has 0 saturated heterocycles. The van der Waals surface area contributed by atoms with Crippen molar-refractivity contribution in [1.82, 2.24) is 20.1 Å². The molecule has 0 aromatic carbocycles. The fraction of sp³-hybridized carbons (Fsp3) is 0.600. The van der Waals surface area contributed by atoms with Gasteiger partial charge in [0, 0.05) is 7.05 Å². The largest absolute Gasteiger partial charge is 0.481 e. The molecule has 1 heterocycles. The first kappa shape index (κ1) is 12.3. The third kappa shape index (κ3) is 2.58. The van der Waals surface area contributed by atoms with Crippen LogP contribution < -0.4 is 10.6 Å². The number of carbonyl (C=O) groups excluding carboxylic acids is 1. The number of anilines is 1. The number of carboxylic acid groups (broad SMARTS) is 1. The Morgan fingerprint density at radius 1 is 1.56 bits per heavy atom. The maximum Gasteiger partial charge on any atom is 0.322 e. The minimum Gasteiger partial charge on any atom is -0.481 e. The SMILES string of the molecule is Cn1ncnc1NC(=O)NC1(CC(=O)O)CCC1. The normalized spacial score (nSPS) is 16.7. The molecular formula is C10H15N5O3. The molecule has 98 valence electrons. The van der Waals surface area contributed by atoms with Crippen molar-refractivity contribution in [3.05, 3.63) is 6.33 Å². The van der Waals surface area contributed by atoms with Gasteiger partial charge in [0.2, 0.25) is 5.95 Å². The Bertz CT molecular complexity index is 466. The number of nitrogens with zero attached hydrogens (tertiary/aromatic N) is 3. The third-order valence-corrected chi connectivity index (χ3v) is 3.12. The Kier molecular flexibility index (Phi) is 3.17. The molecule has 1 aliphatic carbocycles. The molecule has 0 radical (unpaired) electrons. The number of aromatic nitrogens is 3. The maximum absolute atomic E-state index is 11.8. The van der Waals surface area contributed by atoms with Crippen LogP contribution in [0.1, 0.15) is 25.7 Å². The lowest BCUT2D eigenvalue weighted by atomic mass is 9.74. The van der Waals surface area contributed by atoms with E-state index in [1.807, 2.05) is 0 Å². The van der Waals surface area contributed by atoms with Crippen molar-refractivity contribution in [3.63, 3.8) is 0 Å². The second kappa shape index (κ2) is 4.63. The highest BCUT2D eigenvalue weighted by molar-refractivity contribution is 5.88. The van der Waals surface area contributed by atoms with Gasteiger partial charge in [0.25, 0.3) is 0 Å². The first-order valence-corrected chi connectivity index (χ1v) is 5.66. The predicted octanol–water partition coefficient (Wildman–Crippen LogP) is 0.334. The van der Waals surface area contributed by atoms with E-state index < -0.39 is 17.5 Å². The second-order valence-corrected chi connectivity index (χ2v) is 4.49. The average molecular weight is 253 g/mol. The summed E-state index contributed by atoms with van der Waals surface area (Å²) in [5.74, 6) is -0.592. The van der Waals surface area contributed by atoms with Crippen molar-refractivity contribution in [1.29, 1.82) is 0 Å². The summed E-state index contributed by atoms with van der Waals surface area (Å²) in [7, 11) is 1.65. The van der Waals surface area contributed by atoms with E-state index in [2.05, 4.69) is 20.7 Å². The summed E-state index contributed by atoms with van der Waals surface area (Å²) in [6.07, 6.45) is 3.57. The molecule has 1 aliphatic rings. The van der Waals surface area contributed by atoms with E-state index >= 15 is 0 Å². The van der Waals surface area contributed by atoms with Crippen LogP contribution in [0.3, 0.4) is 0 Å². The molecule has 1 fully saturated rings. The zero-order valence-electron chi connectivity index (χ0n) is 10.0. The van der Waals surface area contributed by atoms with Gasteiger partial charge in [-0.1, -0.05) is 0 Å². The summed E-state index contributed by atoms with van der Waals surface area (Å²) in [5, 5.41) is 17.9. The number of nitrogens with one attached hydrogen (secondary N) is 2. The Morgan fingerprint density at radius 2 is 2.28 bits per heavy atom. The van der Waals surface area contributed by atoms with Gasteiger partial charge >= 0.3 is 12.0 Å². The van der Waals surface area contributed by atoms with Gasteiger partial charge in [0.05, 0.1) is 12.0 Å². The van der Waals surface area contributed by atoms with E-state index in [4.69, 9.17) is 5.11 Å². The highest BCUT2D eigenvalue weighted by Crippen LogP contribution is 2.34. The van der Waals surface area contributed by atoms with Crippen LogP contribution in [0.15, 0.2) is 6.33 Å². The summed E-state index contributed by atoms with van der Waals surface area (Å²) in [6.45, 7) is 0. The standard InChI is InChI=1S/C10H15N5O3/c1-15-8(11-6-12-15)13-9(18)14-10(3-2-4-10)5-7(16)17/h6H,2-5H2,1H3,(H,16,17)(H2,11,12,13,14,18). The molecule has 3 N–H and O–H groups in total. The fourth-order valence-corrected chi connectivity index (χ4v) is 2.02. The maximum atomic E-state index is 11.8. The molecule has 8 nitrogen and oxygen atoms in total. The molecular weight excluding hydrogens is 238 g/mol. The van der Waals surface area contributed by atoms with Crippen molar-refractivity contribution in [2.24, 2.45) is 7.05 Å². The number of hydrogen-bond donors (Lipinski definition) is 3. The van der Waals surface area contributed by atoms with Crippen LogP contribution in [-0.4, -0.2) is 37.4 Å². The lowest BCUT2D eigenvalue weighted by Crippen LogP contribution is -2.55. The lowest BCUT2D eigenvalue weighted by molar-refractivity contribution is -0.139. The number of aliphatic carboxylic acids is 1. The van der Waals surface area contributed by atoms with Crippen LogP contribution in [0, 0.1) is 0 Å². The fourth-order valence-electron chi connectivity index (χ4n) is 2.02. The Morgan fingerprint density at radius 3 is 2.72 bits per heavy atom.